The van der Waals surface area contributed by atoms with Gasteiger partial charge in [0, 0.05) is 21.6 Å². The van der Waals surface area contributed by atoms with Gasteiger partial charge < -0.3 is 10.1 Å². The van der Waals surface area contributed by atoms with Gasteiger partial charge in [-0.3, -0.25) is 14.4 Å². The van der Waals surface area contributed by atoms with E-state index in [1.165, 1.54) is 18.7 Å². The molecule has 1 amide bonds. The molecule has 0 unspecified atom stereocenters. The lowest BCUT2D eigenvalue weighted by Gasteiger charge is -2.17. The Morgan fingerprint density at radius 1 is 1.00 bits per heavy atom. The van der Waals surface area contributed by atoms with E-state index in [2.05, 4.69) is 5.32 Å². The van der Waals surface area contributed by atoms with Crippen molar-refractivity contribution in [3.63, 3.8) is 0 Å². The summed E-state index contributed by atoms with van der Waals surface area (Å²) in [5.41, 5.74) is 0.859. The smallest absolute Gasteiger partial charge is 0.339 e. The van der Waals surface area contributed by atoms with Crippen molar-refractivity contribution in [2.75, 3.05) is 11.9 Å². The number of hydrogen-bond acceptors (Lipinski definition) is 6. The van der Waals surface area contributed by atoms with Gasteiger partial charge in [-0.25, -0.2) is 4.79 Å². The number of carbonyl (C=O) groups excluding carboxylic acids is 4. The Hall–Kier alpha value is -2.93. The normalized spacial score (nSPS) is 12.0. The molecule has 0 aliphatic heterocycles. The molecule has 0 aliphatic rings. The zero-order valence-electron chi connectivity index (χ0n) is 18.4. The standard InChI is InChI=1S/C24H27NO5S/c1-15(26)17-10-12-18(13-11-17)25-22(28)16(2)31-20-9-7-6-8-19(20)23(29)30-14-21(27)24(3,4)5/h6-13,16H,14H2,1-5H3,(H,25,28)/t16-/m0/s1. The molecule has 0 bridgehead atoms. The number of hydrogen-bond donors (Lipinski definition) is 1. The van der Waals surface area contributed by atoms with Crippen LogP contribution in [0.4, 0.5) is 5.69 Å². The Balaban J connectivity index is 2.03. The lowest BCUT2D eigenvalue weighted by Crippen LogP contribution is -2.26. The van der Waals surface area contributed by atoms with Crippen LogP contribution in [-0.4, -0.2) is 35.3 Å². The number of nitrogens with one attached hydrogen (secondary N) is 1. The lowest BCUT2D eigenvalue weighted by molar-refractivity contribution is -0.129. The molecule has 2 rings (SSSR count). The molecule has 2 aromatic carbocycles. The number of carbonyl (C=O) groups is 4. The number of thioether (sulfide) groups is 1. The van der Waals surface area contributed by atoms with E-state index in [1.54, 1.807) is 76.2 Å². The summed E-state index contributed by atoms with van der Waals surface area (Å²) in [5.74, 6) is -1.07. The minimum Gasteiger partial charge on any atom is -0.454 e. The zero-order chi connectivity index (χ0) is 23.2. The van der Waals surface area contributed by atoms with Crippen LogP contribution in [0.15, 0.2) is 53.4 Å². The minimum absolute atomic E-state index is 0.0468. The highest BCUT2D eigenvalue weighted by Crippen LogP contribution is 2.28. The van der Waals surface area contributed by atoms with E-state index in [9.17, 15) is 19.2 Å². The molecule has 0 saturated heterocycles. The number of esters is 1. The summed E-state index contributed by atoms with van der Waals surface area (Å²) in [5, 5.41) is 2.30. The van der Waals surface area contributed by atoms with Crippen LogP contribution in [0.2, 0.25) is 0 Å². The maximum atomic E-state index is 12.6. The second-order valence-corrected chi connectivity index (χ2v) is 9.51. The van der Waals surface area contributed by atoms with E-state index in [0.29, 0.717) is 21.7 Å². The fourth-order valence-electron chi connectivity index (χ4n) is 2.44. The highest BCUT2D eigenvalue weighted by atomic mass is 32.2. The van der Waals surface area contributed by atoms with Gasteiger partial charge in [0.1, 0.15) is 0 Å². The molecule has 1 N–H and O–H groups in total. The molecule has 164 valence electrons. The molecule has 0 heterocycles. The van der Waals surface area contributed by atoms with Crippen molar-refractivity contribution in [3.8, 4) is 0 Å². The Labute approximate surface area is 186 Å². The molecule has 0 aromatic heterocycles. The van der Waals surface area contributed by atoms with Gasteiger partial charge in [-0.05, 0) is 50.2 Å². The van der Waals surface area contributed by atoms with Crippen molar-refractivity contribution in [3.05, 3.63) is 59.7 Å². The van der Waals surface area contributed by atoms with Crippen molar-refractivity contribution in [1.82, 2.24) is 0 Å². The highest BCUT2D eigenvalue weighted by molar-refractivity contribution is 8.00. The van der Waals surface area contributed by atoms with Crippen LogP contribution in [0.25, 0.3) is 0 Å². The molecule has 1 atom stereocenters. The third-order valence-corrected chi connectivity index (χ3v) is 5.69. The Bertz CT molecular complexity index is 976. The fraction of sp³-hybridized carbons (Fsp3) is 0.333. The number of Topliss-reactive ketones (excluding diaryl/α,β-unsaturated/α-hetero) is 2. The minimum atomic E-state index is -0.604. The summed E-state index contributed by atoms with van der Waals surface area (Å²) in [6, 6.07) is 13.5. The average molecular weight is 442 g/mol. The number of anilines is 1. The van der Waals surface area contributed by atoms with Crippen LogP contribution in [0.1, 0.15) is 55.3 Å². The number of benzene rings is 2. The van der Waals surface area contributed by atoms with Gasteiger partial charge in [0.15, 0.2) is 18.2 Å². The van der Waals surface area contributed by atoms with Gasteiger partial charge in [0.05, 0.1) is 10.8 Å². The third kappa shape index (κ3) is 7.07. The highest BCUT2D eigenvalue weighted by Gasteiger charge is 2.24. The molecule has 0 fully saturated rings. The first-order valence-corrected chi connectivity index (χ1v) is 10.7. The molecule has 2 aromatic rings. The van der Waals surface area contributed by atoms with Crippen LogP contribution in [0.3, 0.4) is 0 Å². The number of amides is 1. The molecule has 0 spiro atoms. The van der Waals surface area contributed by atoms with Gasteiger partial charge in [0.2, 0.25) is 5.91 Å². The maximum absolute atomic E-state index is 12.6. The van der Waals surface area contributed by atoms with Crippen LogP contribution < -0.4 is 5.32 Å². The van der Waals surface area contributed by atoms with Crippen molar-refractivity contribution in [2.24, 2.45) is 5.41 Å². The molecular weight excluding hydrogens is 414 g/mol. The second kappa shape index (κ2) is 10.4. The average Bonchev–Trinajstić information content (AvgIpc) is 2.71. The van der Waals surface area contributed by atoms with E-state index in [1.807, 2.05) is 0 Å². The van der Waals surface area contributed by atoms with Crippen molar-refractivity contribution in [2.45, 2.75) is 44.8 Å². The SMILES string of the molecule is CC(=O)c1ccc(NC(=O)[C@H](C)Sc2ccccc2C(=O)OCC(=O)C(C)(C)C)cc1. The lowest BCUT2D eigenvalue weighted by atomic mass is 9.91. The summed E-state index contributed by atoms with van der Waals surface area (Å²) >= 11 is 1.22. The topological polar surface area (TPSA) is 89.5 Å². The predicted octanol–water partition coefficient (Wildman–Crippen LogP) is 4.78. The Kier molecular flexibility index (Phi) is 8.16. The second-order valence-electron chi connectivity index (χ2n) is 8.13. The van der Waals surface area contributed by atoms with Gasteiger partial charge in [-0.1, -0.05) is 32.9 Å². The number of ketones is 2. The van der Waals surface area contributed by atoms with E-state index in [4.69, 9.17) is 4.74 Å². The maximum Gasteiger partial charge on any atom is 0.339 e. The van der Waals surface area contributed by atoms with Crippen LogP contribution in [0.5, 0.6) is 0 Å². The first kappa shape index (κ1) is 24.3. The van der Waals surface area contributed by atoms with Crippen molar-refractivity contribution in [1.29, 1.82) is 0 Å². The summed E-state index contributed by atoms with van der Waals surface area (Å²) in [7, 11) is 0. The van der Waals surface area contributed by atoms with Crippen LogP contribution in [-0.2, 0) is 14.3 Å². The summed E-state index contributed by atoms with van der Waals surface area (Å²) in [6.07, 6.45) is 0. The molecule has 0 radical (unpaired) electrons. The molecule has 0 saturated carbocycles. The third-order valence-electron chi connectivity index (χ3n) is 4.51. The summed E-state index contributed by atoms with van der Waals surface area (Å²) in [6.45, 7) is 8.21. The van der Waals surface area contributed by atoms with E-state index < -0.39 is 16.6 Å². The van der Waals surface area contributed by atoms with Crippen molar-refractivity contribution < 1.29 is 23.9 Å². The first-order chi connectivity index (χ1) is 14.5. The molecular formula is C24H27NO5S. The Morgan fingerprint density at radius 3 is 2.19 bits per heavy atom. The van der Waals surface area contributed by atoms with E-state index >= 15 is 0 Å². The van der Waals surface area contributed by atoms with Crippen LogP contribution >= 0.6 is 11.8 Å². The van der Waals surface area contributed by atoms with E-state index in [-0.39, 0.29) is 24.1 Å². The van der Waals surface area contributed by atoms with Gasteiger partial charge >= 0.3 is 5.97 Å². The zero-order valence-corrected chi connectivity index (χ0v) is 19.2. The number of ether oxygens (including phenoxy) is 1. The van der Waals surface area contributed by atoms with Crippen molar-refractivity contribution >= 4 is 40.9 Å². The summed E-state index contributed by atoms with van der Waals surface area (Å²) in [4.78, 5) is 49.1. The van der Waals surface area contributed by atoms with E-state index in [0.717, 1.165) is 0 Å². The van der Waals surface area contributed by atoms with Crippen LogP contribution in [0, 0.1) is 5.41 Å². The fourth-order valence-corrected chi connectivity index (χ4v) is 3.42. The van der Waals surface area contributed by atoms with Gasteiger partial charge in [-0.2, -0.15) is 0 Å². The molecule has 31 heavy (non-hydrogen) atoms. The van der Waals surface area contributed by atoms with Gasteiger partial charge in [0.25, 0.3) is 0 Å². The largest absolute Gasteiger partial charge is 0.454 e. The quantitative estimate of drug-likeness (QED) is 0.360. The first-order valence-electron chi connectivity index (χ1n) is 9.87. The van der Waals surface area contributed by atoms with Gasteiger partial charge in [-0.15, -0.1) is 11.8 Å². The molecule has 6 nitrogen and oxygen atoms in total. The molecule has 7 heteroatoms. The number of rotatable bonds is 8. The monoisotopic (exact) mass is 441 g/mol. The Morgan fingerprint density at radius 2 is 1.61 bits per heavy atom. The molecule has 0 aliphatic carbocycles. The predicted molar refractivity (Wildman–Crippen MR) is 122 cm³/mol. The summed E-state index contributed by atoms with van der Waals surface area (Å²) < 4.78 is 5.20.